The van der Waals surface area contributed by atoms with Gasteiger partial charge in [0.05, 0.1) is 5.52 Å². The summed E-state index contributed by atoms with van der Waals surface area (Å²) in [6.07, 6.45) is 0.888. The zero-order valence-corrected chi connectivity index (χ0v) is 10.5. The second-order valence-corrected chi connectivity index (χ2v) is 5.27. The summed E-state index contributed by atoms with van der Waals surface area (Å²) in [5.41, 5.74) is 8.43. The van der Waals surface area contributed by atoms with Gasteiger partial charge in [0.25, 0.3) is 0 Å². The maximum Gasteiger partial charge on any atom is 0.419 e. The van der Waals surface area contributed by atoms with Crippen molar-refractivity contribution in [1.29, 1.82) is 0 Å². The van der Waals surface area contributed by atoms with Crippen LogP contribution in [-0.2, 0) is 13.5 Å². The average molecular weight is 234 g/mol. The number of aryl methyl sites for hydroxylation is 1. The van der Waals surface area contributed by atoms with Crippen molar-refractivity contribution < 1.29 is 4.42 Å². The van der Waals surface area contributed by atoms with Gasteiger partial charge in [0.15, 0.2) is 5.58 Å². The highest BCUT2D eigenvalue weighted by Crippen LogP contribution is 2.22. The first-order chi connectivity index (χ1) is 7.93. The minimum atomic E-state index is -0.324. The normalized spacial score (nSPS) is 12.2. The Morgan fingerprint density at radius 2 is 2.12 bits per heavy atom. The zero-order valence-electron chi connectivity index (χ0n) is 10.5. The van der Waals surface area contributed by atoms with Crippen LogP contribution in [0.2, 0.25) is 0 Å². The van der Waals surface area contributed by atoms with Gasteiger partial charge >= 0.3 is 5.76 Å². The van der Waals surface area contributed by atoms with E-state index in [1.807, 2.05) is 18.2 Å². The lowest BCUT2D eigenvalue weighted by atomic mass is 9.86. The minimum Gasteiger partial charge on any atom is -0.408 e. The van der Waals surface area contributed by atoms with Crippen LogP contribution >= 0.6 is 0 Å². The summed E-state index contributed by atoms with van der Waals surface area (Å²) in [7, 11) is 1.71. The van der Waals surface area contributed by atoms with Crippen LogP contribution in [0.15, 0.2) is 27.4 Å². The Hall–Kier alpha value is -1.55. The highest BCUT2D eigenvalue weighted by atomic mass is 16.4. The Bertz CT molecular complexity index is 593. The maximum atomic E-state index is 11.4. The number of nitrogens with zero attached hydrogens (tertiary/aromatic N) is 1. The summed E-state index contributed by atoms with van der Waals surface area (Å²) in [5.74, 6) is -0.324. The number of hydrogen-bond acceptors (Lipinski definition) is 3. The lowest BCUT2D eigenvalue weighted by Crippen LogP contribution is -2.25. The molecular formula is C13H18N2O2. The van der Waals surface area contributed by atoms with Gasteiger partial charge in [0, 0.05) is 7.05 Å². The van der Waals surface area contributed by atoms with E-state index in [0.717, 1.165) is 11.9 Å². The van der Waals surface area contributed by atoms with Crippen LogP contribution in [0.4, 0.5) is 0 Å². The second-order valence-electron chi connectivity index (χ2n) is 5.27. The van der Waals surface area contributed by atoms with E-state index < -0.39 is 0 Å². The molecule has 2 rings (SSSR count). The van der Waals surface area contributed by atoms with Gasteiger partial charge in [-0.2, -0.15) is 0 Å². The summed E-state index contributed by atoms with van der Waals surface area (Å²) >= 11 is 0. The highest BCUT2D eigenvalue weighted by molar-refractivity contribution is 5.73. The predicted molar refractivity (Wildman–Crippen MR) is 68.0 cm³/mol. The lowest BCUT2D eigenvalue weighted by Gasteiger charge is -2.22. The maximum absolute atomic E-state index is 11.4. The Morgan fingerprint density at radius 3 is 2.76 bits per heavy atom. The largest absolute Gasteiger partial charge is 0.419 e. The van der Waals surface area contributed by atoms with Gasteiger partial charge < -0.3 is 10.2 Å². The molecule has 17 heavy (non-hydrogen) atoms. The molecule has 0 bridgehead atoms. The van der Waals surface area contributed by atoms with Crippen molar-refractivity contribution in [1.82, 2.24) is 4.57 Å². The number of rotatable bonds is 3. The van der Waals surface area contributed by atoms with E-state index >= 15 is 0 Å². The van der Waals surface area contributed by atoms with E-state index in [1.165, 1.54) is 10.1 Å². The first-order valence-electron chi connectivity index (χ1n) is 5.71. The number of aromatic nitrogens is 1. The van der Waals surface area contributed by atoms with E-state index in [1.54, 1.807) is 7.05 Å². The van der Waals surface area contributed by atoms with Gasteiger partial charge in [0.1, 0.15) is 0 Å². The number of benzene rings is 1. The highest BCUT2D eigenvalue weighted by Gasteiger charge is 2.17. The third-order valence-corrected chi connectivity index (χ3v) is 3.09. The molecule has 0 aliphatic rings. The molecule has 0 aliphatic heterocycles. The zero-order chi connectivity index (χ0) is 12.6. The Labute approximate surface area is 100 Å². The van der Waals surface area contributed by atoms with Crippen molar-refractivity contribution in [2.24, 2.45) is 18.2 Å². The second kappa shape index (κ2) is 4.04. The van der Waals surface area contributed by atoms with Crippen molar-refractivity contribution in [3.8, 4) is 0 Å². The third kappa shape index (κ3) is 2.26. The molecule has 0 spiro atoms. The summed E-state index contributed by atoms with van der Waals surface area (Å²) in [6, 6.07) is 5.83. The number of oxazole rings is 1. The van der Waals surface area contributed by atoms with Gasteiger partial charge in [-0.1, -0.05) is 19.9 Å². The molecule has 0 saturated carbocycles. The van der Waals surface area contributed by atoms with E-state index in [0.29, 0.717) is 12.1 Å². The van der Waals surface area contributed by atoms with Crippen LogP contribution in [0.5, 0.6) is 0 Å². The van der Waals surface area contributed by atoms with E-state index in [2.05, 4.69) is 13.8 Å². The van der Waals surface area contributed by atoms with Crippen LogP contribution in [0.1, 0.15) is 19.4 Å². The quantitative estimate of drug-likeness (QED) is 0.878. The molecule has 0 radical (unpaired) electrons. The number of nitrogens with two attached hydrogens (primary N) is 1. The van der Waals surface area contributed by atoms with Gasteiger partial charge in [-0.3, -0.25) is 4.57 Å². The van der Waals surface area contributed by atoms with Gasteiger partial charge in [0.2, 0.25) is 0 Å². The molecule has 4 nitrogen and oxygen atoms in total. The molecule has 2 N–H and O–H groups in total. The first kappa shape index (κ1) is 11.9. The van der Waals surface area contributed by atoms with Crippen LogP contribution in [0.25, 0.3) is 11.1 Å². The van der Waals surface area contributed by atoms with Crippen LogP contribution in [0, 0.1) is 5.41 Å². The molecule has 0 atom stereocenters. The summed E-state index contributed by atoms with van der Waals surface area (Å²) in [6.45, 7) is 4.90. The fraction of sp³-hybridized carbons (Fsp3) is 0.462. The molecule has 92 valence electrons. The van der Waals surface area contributed by atoms with Crippen molar-refractivity contribution >= 4 is 11.1 Å². The van der Waals surface area contributed by atoms with Crippen molar-refractivity contribution in [3.63, 3.8) is 0 Å². The number of hydrogen-bond donors (Lipinski definition) is 1. The molecule has 0 saturated heterocycles. The molecule has 2 aromatic rings. The fourth-order valence-corrected chi connectivity index (χ4v) is 1.91. The van der Waals surface area contributed by atoms with Crippen LogP contribution < -0.4 is 11.5 Å². The molecular weight excluding hydrogens is 216 g/mol. The topological polar surface area (TPSA) is 61.2 Å². The van der Waals surface area contributed by atoms with E-state index in [9.17, 15) is 4.79 Å². The first-order valence-corrected chi connectivity index (χ1v) is 5.71. The predicted octanol–water partition coefficient (Wildman–Crippen LogP) is 1.66. The molecule has 1 aromatic carbocycles. The molecule has 0 fully saturated rings. The molecule has 0 amide bonds. The van der Waals surface area contributed by atoms with Crippen molar-refractivity contribution in [3.05, 3.63) is 34.3 Å². The standard InChI is InChI=1S/C13H18N2O2/c1-13(2,8-14)7-9-4-5-11-10(6-9)15(3)12(16)17-11/h4-6H,7-8,14H2,1-3H3. The lowest BCUT2D eigenvalue weighted by molar-refractivity contribution is 0.377. The summed E-state index contributed by atoms with van der Waals surface area (Å²) < 4.78 is 6.61. The molecule has 0 aliphatic carbocycles. The van der Waals surface area contributed by atoms with Gasteiger partial charge in [-0.15, -0.1) is 0 Å². The molecule has 4 heteroatoms. The van der Waals surface area contributed by atoms with Crippen LogP contribution in [-0.4, -0.2) is 11.1 Å². The van der Waals surface area contributed by atoms with Gasteiger partial charge in [-0.05, 0) is 36.1 Å². The van der Waals surface area contributed by atoms with Crippen molar-refractivity contribution in [2.75, 3.05) is 6.54 Å². The van der Waals surface area contributed by atoms with E-state index in [4.69, 9.17) is 10.2 Å². The van der Waals surface area contributed by atoms with Crippen molar-refractivity contribution in [2.45, 2.75) is 20.3 Å². The Morgan fingerprint density at radius 1 is 1.41 bits per heavy atom. The average Bonchev–Trinajstić information content (AvgIpc) is 2.55. The Balaban J connectivity index is 2.44. The molecule has 1 aromatic heterocycles. The molecule has 0 unspecified atom stereocenters. The summed E-state index contributed by atoms with van der Waals surface area (Å²) in [4.78, 5) is 11.4. The summed E-state index contributed by atoms with van der Waals surface area (Å²) in [5, 5.41) is 0. The number of fused-ring (bicyclic) bond motifs is 1. The van der Waals surface area contributed by atoms with Gasteiger partial charge in [-0.25, -0.2) is 4.79 Å². The van der Waals surface area contributed by atoms with Crippen LogP contribution in [0.3, 0.4) is 0 Å². The minimum absolute atomic E-state index is 0.0658. The fourth-order valence-electron chi connectivity index (χ4n) is 1.91. The molecule has 1 heterocycles. The monoisotopic (exact) mass is 234 g/mol. The Kier molecular flexibility index (Phi) is 2.83. The smallest absolute Gasteiger partial charge is 0.408 e. The SMILES string of the molecule is Cn1c(=O)oc2ccc(CC(C)(C)CN)cc21. The third-order valence-electron chi connectivity index (χ3n) is 3.09. The van der Waals surface area contributed by atoms with E-state index in [-0.39, 0.29) is 11.2 Å².